The molecule has 9 heteroatoms. The standard InChI is InChI=1S/C22H21ClN4O4/c23-14-7-8-17(21(30)26-10-3-4-11-26)18(13-14)24-19(28)9-12-27-22(31)16-6-2-1-5-15(16)20(29)25-27/h1-2,5-8,13H,3-4,9-12H2,(H,24,28)(H,25,29). The number of carbonyl (C=O) groups is 2. The SMILES string of the molecule is O=C(CCn1[nH]c(=O)c2ccccc2c1=O)Nc1cc(Cl)ccc1C(=O)N1CCCC1. The predicted octanol–water partition coefficient (Wildman–Crippen LogP) is 2.61. The van der Waals surface area contributed by atoms with Gasteiger partial charge in [-0.15, -0.1) is 0 Å². The Balaban J connectivity index is 1.51. The maximum Gasteiger partial charge on any atom is 0.273 e. The molecule has 2 amide bonds. The number of hydrogen-bond acceptors (Lipinski definition) is 4. The molecule has 160 valence electrons. The first kappa shape index (κ1) is 20.9. The van der Waals surface area contributed by atoms with Gasteiger partial charge in [-0.2, -0.15) is 0 Å². The molecule has 1 aliphatic rings. The first-order chi connectivity index (χ1) is 14.9. The van der Waals surface area contributed by atoms with Crippen molar-refractivity contribution in [3.63, 3.8) is 0 Å². The summed E-state index contributed by atoms with van der Waals surface area (Å²) in [4.78, 5) is 51.9. The van der Waals surface area contributed by atoms with Crippen LogP contribution >= 0.6 is 11.6 Å². The lowest BCUT2D eigenvalue weighted by atomic mass is 10.1. The van der Waals surface area contributed by atoms with Crippen molar-refractivity contribution in [3.8, 4) is 0 Å². The molecule has 2 heterocycles. The average molecular weight is 441 g/mol. The van der Waals surface area contributed by atoms with Crippen LogP contribution in [0.2, 0.25) is 5.02 Å². The Morgan fingerprint density at radius 1 is 1.03 bits per heavy atom. The van der Waals surface area contributed by atoms with Crippen LogP contribution in [-0.2, 0) is 11.3 Å². The maximum atomic E-state index is 12.8. The minimum absolute atomic E-state index is 0.0132. The van der Waals surface area contributed by atoms with Gasteiger partial charge in [-0.1, -0.05) is 23.7 Å². The van der Waals surface area contributed by atoms with Crippen LogP contribution in [-0.4, -0.2) is 39.6 Å². The number of fused-ring (bicyclic) bond motifs is 1. The smallest absolute Gasteiger partial charge is 0.273 e. The van der Waals surface area contributed by atoms with Gasteiger partial charge >= 0.3 is 0 Å². The summed E-state index contributed by atoms with van der Waals surface area (Å²) in [7, 11) is 0. The van der Waals surface area contributed by atoms with Gasteiger partial charge in [-0.3, -0.25) is 24.3 Å². The normalized spacial score (nSPS) is 13.5. The number of aromatic amines is 1. The van der Waals surface area contributed by atoms with E-state index in [2.05, 4.69) is 10.4 Å². The van der Waals surface area contributed by atoms with Crippen LogP contribution in [0.3, 0.4) is 0 Å². The Labute approximate surface area is 182 Å². The molecule has 0 unspecified atom stereocenters. The Bertz CT molecular complexity index is 1270. The summed E-state index contributed by atoms with van der Waals surface area (Å²) in [5.41, 5.74) is -0.0794. The Morgan fingerprint density at radius 3 is 2.48 bits per heavy atom. The zero-order valence-corrected chi connectivity index (χ0v) is 17.4. The molecule has 0 atom stereocenters. The molecule has 0 saturated carbocycles. The lowest BCUT2D eigenvalue weighted by molar-refractivity contribution is -0.116. The zero-order chi connectivity index (χ0) is 22.0. The Kier molecular flexibility index (Phi) is 5.90. The number of halogens is 1. The van der Waals surface area contributed by atoms with E-state index in [1.807, 2.05) is 0 Å². The highest BCUT2D eigenvalue weighted by Gasteiger charge is 2.22. The molecule has 2 N–H and O–H groups in total. The van der Waals surface area contributed by atoms with Gasteiger partial charge in [0.25, 0.3) is 17.0 Å². The molecular weight excluding hydrogens is 420 g/mol. The quantitative estimate of drug-likeness (QED) is 0.636. The highest BCUT2D eigenvalue weighted by Crippen LogP contribution is 2.24. The van der Waals surface area contributed by atoms with Crippen molar-refractivity contribution in [2.45, 2.75) is 25.8 Å². The Hall–Kier alpha value is -3.39. The van der Waals surface area contributed by atoms with E-state index in [9.17, 15) is 19.2 Å². The molecule has 0 spiro atoms. The van der Waals surface area contributed by atoms with Crippen molar-refractivity contribution >= 4 is 39.9 Å². The number of H-pyrrole nitrogens is 1. The molecule has 4 rings (SSSR count). The van der Waals surface area contributed by atoms with E-state index in [1.54, 1.807) is 41.3 Å². The number of carbonyl (C=O) groups excluding carboxylic acids is 2. The fraction of sp³-hybridized carbons (Fsp3) is 0.273. The number of nitrogens with zero attached hydrogens (tertiary/aromatic N) is 2. The van der Waals surface area contributed by atoms with Crippen LogP contribution in [0.15, 0.2) is 52.1 Å². The van der Waals surface area contributed by atoms with E-state index < -0.39 is 11.5 Å². The lowest BCUT2D eigenvalue weighted by Gasteiger charge is -2.18. The number of hydrogen-bond donors (Lipinski definition) is 2. The second-order valence-corrected chi connectivity index (χ2v) is 7.87. The molecule has 0 aliphatic carbocycles. The van der Waals surface area contributed by atoms with Crippen molar-refractivity contribution in [3.05, 3.63) is 73.8 Å². The van der Waals surface area contributed by atoms with E-state index >= 15 is 0 Å². The van der Waals surface area contributed by atoms with Gasteiger partial charge in [0.05, 0.1) is 28.6 Å². The van der Waals surface area contributed by atoms with Gasteiger partial charge in [0.2, 0.25) is 5.91 Å². The van der Waals surface area contributed by atoms with Crippen molar-refractivity contribution in [2.24, 2.45) is 0 Å². The first-order valence-electron chi connectivity index (χ1n) is 10.0. The molecular formula is C22H21ClN4O4. The van der Waals surface area contributed by atoms with Crippen molar-refractivity contribution < 1.29 is 9.59 Å². The van der Waals surface area contributed by atoms with E-state index in [-0.39, 0.29) is 24.4 Å². The number of aromatic nitrogens is 2. The van der Waals surface area contributed by atoms with E-state index in [1.165, 1.54) is 6.07 Å². The number of anilines is 1. The molecule has 8 nitrogen and oxygen atoms in total. The number of aryl methyl sites for hydroxylation is 1. The molecule has 0 bridgehead atoms. The minimum atomic E-state index is -0.404. The molecule has 1 aliphatic heterocycles. The predicted molar refractivity (Wildman–Crippen MR) is 119 cm³/mol. The summed E-state index contributed by atoms with van der Waals surface area (Å²) >= 11 is 6.07. The monoisotopic (exact) mass is 440 g/mol. The summed E-state index contributed by atoms with van der Waals surface area (Å²) < 4.78 is 1.12. The summed E-state index contributed by atoms with van der Waals surface area (Å²) in [6.07, 6.45) is 1.84. The summed E-state index contributed by atoms with van der Waals surface area (Å²) in [5, 5.41) is 6.21. The minimum Gasteiger partial charge on any atom is -0.339 e. The third kappa shape index (κ3) is 4.39. The fourth-order valence-corrected chi connectivity index (χ4v) is 3.90. The first-order valence-corrected chi connectivity index (χ1v) is 10.4. The van der Waals surface area contributed by atoms with E-state index in [0.717, 1.165) is 17.5 Å². The lowest BCUT2D eigenvalue weighted by Crippen LogP contribution is -2.31. The van der Waals surface area contributed by atoms with E-state index in [4.69, 9.17) is 11.6 Å². The second-order valence-electron chi connectivity index (χ2n) is 7.43. The van der Waals surface area contributed by atoms with Crippen LogP contribution in [0.5, 0.6) is 0 Å². The van der Waals surface area contributed by atoms with Gasteiger partial charge in [-0.25, -0.2) is 4.68 Å². The van der Waals surface area contributed by atoms with Crippen LogP contribution in [0, 0.1) is 0 Å². The van der Waals surface area contributed by atoms with Crippen LogP contribution in [0.4, 0.5) is 5.69 Å². The van der Waals surface area contributed by atoms with Crippen LogP contribution in [0.25, 0.3) is 10.8 Å². The van der Waals surface area contributed by atoms with Crippen LogP contribution in [0.1, 0.15) is 29.6 Å². The topological polar surface area (TPSA) is 104 Å². The van der Waals surface area contributed by atoms with Crippen molar-refractivity contribution in [2.75, 3.05) is 18.4 Å². The number of benzene rings is 2. The summed E-state index contributed by atoms with van der Waals surface area (Å²) in [5.74, 6) is -0.557. The van der Waals surface area contributed by atoms with Gasteiger partial charge in [-0.05, 0) is 43.2 Å². The van der Waals surface area contributed by atoms with Gasteiger partial charge in [0, 0.05) is 24.5 Å². The number of likely N-dealkylation sites (tertiary alicyclic amines) is 1. The zero-order valence-electron chi connectivity index (χ0n) is 16.7. The number of nitrogens with one attached hydrogen (secondary N) is 2. The molecule has 1 saturated heterocycles. The fourth-order valence-electron chi connectivity index (χ4n) is 3.73. The largest absolute Gasteiger partial charge is 0.339 e. The summed E-state index contributed by atoms with van der Waals surface area (Å²) in [6, 6.07) is 11.3. The molecule has 3 aromatic rings. The molecule has 1 fully saturated rings. The third-order valence-corrected chi connectivity index (χ3v) is 5.56. The van der Waals surface area contributed by atoms with Crippen molar-refractivity contribution in [1.29, 1.82) is 0 Å². The third-order valence-electron chi connectivity index (χ3n) is 5.33. The molecule has 1 aromatic heterocycles. The summed E-state index contributed by atoms with van der Waals surface area (Å²) in [6.45, 7) is 1.36. The molecule has 2 aromatic carbocycles. The Morgan fingerprint density at radius 2 is 1.74 bits per heavy atom. The number of amides is 2. The second kappa shape index (κ2) is 8.77. The highest BCUT2D eigenvalue weighted by molar-refractivity contribution is 6.31. The van der Waals surface area contributed by atoms with Gasteiger partial charge in [0.15, 0.2) is 0 Å². The molecule has 0 radical (unpaired) electrons. The van der Waals surface area contributed by atoms with Gasteiger partial charge < -0.3 is 10.2 Å². The van der Waals surface area contributed by atoms with Crippen molar-refractivity contribution in [1.82, 2.24) is 14.7 Å². The highest BCUT2D eigenvalue weighted by atomic mass is 35.5. The average Bonchev–Trinajstić information content (AvgIpc) is 3.30. The maximum absolute atomic E-state index is 12.8. The number of rotatable bonds is 5. The van der Waals surface area contributed by atoms with Gasteiger partial charge in [0.1, 0.15) is 0 Å². The van der Waals surface area contributed by atoms with Crippen LogP contribution < -0.4 is 16.4 Å². The van der Waals surface area contributed by atoms with E-state index in [0.29, 0.717) is 40.1 Å². The molecule has 31 heavy (non-hydrogen) atoms.